The molecule has 27 heavy (non-hydrogen) atoms. The van der Waals surface area contributed by atoms with Crippen molar-refractivity contribution in [2.75, 3.05) is 41.7 Å². The Hall–Kier alpha value is -3.04. The Kier molecular flexibility index (Phi) is 5.94. The first-order valence-corrected chi connectivity index (χ1v) is 8.54. The molecule has 10 heteroatoms. The predicted octanol–water partition coefficient (Wildman–Crippen LogP) is 2.73. The van der Waals surface area contributed by atoms with E-state index in [2.05, 4.69) is 31.0 Å². The van der Waals surface area contributed by atoms with Crippen molar-refractivity contribution >= 4 is 23.2 Å². The maximum absolute atomic E-state index is 13.5. The molecule has 2 heterocycles. The Morgan fingerprint density at radius 1 is 1.11 bits per heavy atom. The fourth-order valence-corrected chi connectivity index (χ4v) is 2.75. The molecule has 2 aromatic rings. The topological polar surface area (TPSA) is 82.2 Å². The van der Waals surface area contributed by atoms with Crippen molar-refractivity contribution in [2.24, 2.45) is 0 Å². The summed E-state index contributed by atoms with van der Waals surface area (Å²) in [6.45, 7) is 2.54. The standard InChI is InChI=1S/C17H19F3N6O/c18-12-3-4-13(16(20)15(12)19)24-17(27)22-6-5-21-14-9-11(10-23-25-14)26-7-1-2-8-26/h3-4,9-10H,1-2,5-8H2,(H,21,25)(H2,22,24,27). The number of nitrogens with one attached hydrogen (secondary N) is 3. The lowest BCUT2D eigenvalue weighted by Crippen LogP contribution is -2.33. The van der Waals surface area contributed by atoms with Gasteiger partial charge in [-0.05, 0) is 25.0 Å². The molecule has 0 unspecified atom stereocenters. The monoisotopic (exact) mass is 380 g/mol. The summed E-state index contributed by atoms with van der Waals surface area (Å²) in [5, 5.41) is 15.6. The van der Waals surface area contributed by atoms with E-state index in [4.69, 9.17) is 0 Å². The second kappa shape index (κ2) is 8.56. The first-order chi connectivity index (χ1) is 13.0. The number of aromatic nitrogens is 2. The Labute approximate surface area is 154 Å². The van der Waals surface area contributed by atoms with Crippen LogP contribution in [-0.4, -0.2) is 42.4 Å². The molecule has 1 aromatic heterocycles. The van der Waals surface area contributed by atoms with Crippen LogP contribution in [0.3, 0.4) is 0 Å². The summed E-state index contributed by atoms with van der Waals surface area (Å²) >= 11 is 0. The second-order valence-electron chi connectivity index (χ2n) is 6.02. The molecule has 1 aromatic carbocycles. The number of urea groups is 1. The van der Waals surface area contributed by atoms with E-state index in [1.165, 1.54) is 0 Å². The third-order valence-electron chi connectivity index (χ3n) is 4.11. The summed E-state index contributed by atoms with van der Waals surface area (Å²) in [5.41, 5.74) is 0.549. The van der Waals surface area contributed by atoms with E-state index in [9.17, 15) is 18.0 Å². The molecule has 0 radical (unpaired) electrons. The van der Waals surface area contributed by atoms with E-state index in [0.29, 0.717) is 12.4 Å². The number of halogens is 3. The van der Waals surface area contributed by atoms with Gasteiger partial charge >= 0.3 is 6.03 Å². The highest BCUT2D eigenvalue weighted by molar-refractivity contribution is 5.89. The molecular formula is C17H19F3N6O. The summed E-state index contributed by atoms with van der Waals surface area (Å²) < 4.78 is 39.5. The van der Waals surface area contributed by atoms with E-state index < -0.39 is 29.2 Å². The van der Waals surface area contributed by atoms with Crippen LogP contribution in [0.1, 0.15) is 12.8 Å². The maximum atomic E-state index is 13.5. The van der Waals surface area contributed by atoms with Crippen LogP contribution < -0.4 is 20.9 Å². The number of carbonyl (C=O) groups is 1. The molecule has 3 N–H and O–H groups in total. The third-order valence-corrected chi connectivity index (χ3v) is 4.11. The van der Waals surface area contributed by atoms with Gasteiger partial charge < -0.3 is 20.9 Å². The molecule has 1 fully saturated rings. The van der Waals surface area contributed by atoms with E-state index in [1.807, 2.05) is 6.07 Å². The Morgan fingerprint density at radius 3 is 2.67 bits per heavy atom. The van der Waals surface area contributed by atoms with Crippen LogP contribution in [0.25, 0.3) is 0 Å². The van der Waals surface area contributed by atoms with Crippen molar-refractivity contribution in [3.63, 3.8) is 0 Å². The van der Waals surface area contributed by atoms with Gasteiger partial charge in [-0.15, -0.1) is 5.10 Å². The van der Waals surface area contributed by atoms with Crippen LogP contribution in [0.4, 0.5) is 35.2 Å². The molecule has 1 aliphatic rings. The number of hydrogen-bond acceptors (Lipinski definition) is 5. The fourth-order valence-electron chi connectivity index (χ4n) is 2.75. The number of carbonyl (C=O) groups excluding carboxylic acids is 1. The van der Waals surface area contributed by atoms with Crippen LogP contribution in [0.15, 0.2) is 24.4 Å². The van der Waals surface area contributed by atoms with Gasteiger partial charge in [0.25, 0.3) is 0 Å². The summed E-state index contributed by atoms with van der Waals surface area (Å²) in [5.74, 6) is -3.82. The zero-order valence-corrected chi connectivity index (χ0v) is 14.4. The molecule has 1 aliphatic heterocycles. The van der Waals surface area contributed by atoms with Crippen molar-refractivity contribution in [1.82, 2.24) is 15.5 Å². The number of rotatable bonds is 6. The molecule has 0 spiro atoms. The Morgan fingerprint density at radius 2 is 1.89 bits per heavy atom. The lowest BCUT2D eigenvalue weighted by molar-refractivity contribution is 0.252. The van der Waals surface area contributed by atoms with Crippen molar-refractivity contribution in [2.45, 2.75) is 12.8 Å². The van der Waals surface area contributed by atoms with E-state index in [0.717, 1.165) is 43.8 Å². The third kappa shape index (κ3) is 4.78. The number of hydrogen-bond donors (Lipinski definition) is 3. The van der Waals surface area contributed by atoms with Gasteiger partial charge in [0.2, 0.25) is 0 Å². The largest absolute Gasteiger partial charge is 0.370 e. The number of benzene rings is 1. The minimum atomic E-state index is -1.63. The fraction of sp³-hybridized carbons (Fsp3) is 0.353. The molecule has 144 valence electrons. The summed E-state index contributed by atoms with van der Waals surface area (Å²) in [4.78, 5) is 14.0. The van der Waals surface area contributed by atoms with Gasteiger partial charge in [-0.1, -0.05) is 0 Å². The van der Waals surface area contributed by atoms with Gasteiger partial charge in [0.15, 0.2) is 23.3 Å². The molecule has 1 saturated heterocycles. The smallest absolute Gasteiger partial charge is 0.319 e. The van der Waals surface area contributed by atoms with Gasteiger partial charge in [0.1, 0.15) is 0 Å². The molecule has 2 amide bonds. The normalized spacial score (nSPS) is 13.5. The summed E-state index contributed by atoms with van der Waals surface area (Å²) in [6, 6.07) is 2.83. The molecule has 7 nitrogen and oxygen atoms in total. The number of nitrogens with zero attached hydrogens (tertiary/aromatic N) is 3. The van der Waals surface area contributed by atoms with Crippen LogP contribution in [0, 0.1) is 17.5 Å². The first-order valence-electron chi connectivity index (χ1n) is 8.54. The molecule has 3 rings (SSSR count). The minimum Gasteiger partial charge on any atom is -0.370 e. The maximum Gasteiger partial charge on any atom is 0.319 e. The van der Waals surface area contributed by atoms with Crippen molar-refractivity contribution in [3.8, 4) is 0 Å². The van der Waals surface area contributed by atoms with Crippen LogP contribution in [-0.2, 0) is 0 Å². The molecule has 0 atom stereocenters. The zero-order chi connectivity index (χ0) is 19.2. The van der Waals surface area contributed by atoms with Gasteiger partial charge in [-0.25, -0.2) is 18.0 Å². The van der Waals surface area contributed by atoms with Crippen LogP contribution >= 0.6 is 0 Å². The molecule has 0 aliphatic carbocycles. The molecule has 0 saturated carbocycles. The zero-order valence-electron chi connectivity index (χ0n) is 14.4. The van der Waals surface area contributed by atoms with Gasteiger partial charge in [-0.3, -0.25) is 0 Å². The average Bonchev–Trinajstić information content (AvgIpc) is 3.21. The predicted molar refractivity (Wildman–Crippen MR) is 95.3 cm³/mol. The number of anilines is 3. The molecule has 0 bridgehead atoms. The minimum absolute atomic E-state index is 0.201. The summed E-state index contributed by atoms with van der Waals surface area (Å²) in [7, 11) is 0. The molecular weight excluding hydrogens is 361 g/mol. The van der Waals surface area contributed by atoms with E-state index in [-0.39, 0.29) is 6.54 Å². The lowest BCUT2D eigenvalue weighted by Gasteiger charge is -2.17. The number of amides is 2. The van der Waals surface area contributed by atoms with Crippen LogP contribution in [0.2, 0.25) is 0 Å². The quantitative estimate of drug-likeness (QED) is 0.530. The summed E-state index contributed by atoms with van der Waals surface area (Å²) in [6.07, 6.45) is 4.02. The van der Waals surface area contributed by atoms with Gasteiger partial charge in [0, 0.05) is 32.2 Å². The highest BCUT2D eigenvalue weighted by Crippen LogP contribution is 2.21. The highest BCUT2D eigenvalue weighted by Gasteiger charge is 2.15. The second-order valence-corrected chi connectivity index (χ2v) is 6.02. The van der Waals surface area contributed by atoms with E-state index in [1.54, 1.807) is 6.20 Å². The SMILES string of the molecule is O=C(NCCNc1cc(N2CCCC2)cnn1)Nc1ccc(F)c(F)c1F. The highest BCUT2D eigenvalue weighted by atomic mass is 19.2. The Balaban J connectivity index is 1.44. The van der Waals surface area contributed by atoms with E-state index >= 15 is 0 Å². The first kappa shape index (κ1) is 18.7. The van der Waals surface area contributed by atoms with Crippen molar-refractivity contribution in [3.05, 3.63) is 41.8 Å². The van der Waals surface area contributed by atoms with Crippen molar-refractivity contribution in [1.29, 1.82) is 0 Å². The Bertz CT molecular complexity index is 813. The van der Waals surface area contributed by atoms with Crippen LogP contribution in [0.5, 0.6) is 0 Å². The van der Waals surface area contributed by atoms with Gasteiger partial charge in [-0.2, -0.15) is 5.10 Å². The lowest BCUT2D eigenvalue weighted by atomic mass is 10.3. The average molecular weight is 380 g/mol. The van der Waals surface area contributed by atoms with Gasteiger partial charge in [0.05, 0.1) is 17.6 Å². The van der Waals surface area contributed by atoms with Crippen molar-refractivity contribution < 1.29 is 18.0 Å².